The summed E-state index contributed by atoms with van der Waals surface area (Å²) < 4.78 is 9.78. The molecule has 0 heterocycles. The minimum Gasteiger partial charge on any atom is -0.490 e. The maximum Gasteiger partial charge on any atom is 0.338 e. The molecule has 10 heteroatoms. The number of hydrogen-bond acceptors (Lipinski definition) is 6. The van der Waals surface area contributed by atoms with Gasteiger partial charge in [0.1, 0.15) is 0 Å². The number of carbonyl (C=O) groups excluding carboxylic acids is 2. The Morgan fingerprint density at radius 1 is 1.21 bits per heavy atom. The van der Waals surface area contributed by atoms with Crippen molar-refractivity contribution in [3.63, 3.8) is 0 Å². The third kappa shape index (κ3) is 5.34. The van der Waals surface area contributed by atoms with Gasteiger partial charge in [0.05, 0.1) is 23.6 Å². The molecule has 0 saturated heterocycles. The van der Waals surface area contributed by atoms with Crippen LogP contribution in [0.3, 0.4) is 0 Å². The molecular weight excluding hydrogens is 411 g/mol. The van der Waals surface area contributed by atoms with Crippen LogP contribution in [0.4, 0.5) is 5.69 Å². The van der Waals surface area contributed by atoms with Crippen LogP contribution in [0.2, 0.25) is 10.0 Å². The van der Waals surface area contributed by atoms with Crippen LogP contribution in [0.15, 0.2) is 36.4 Å². The van der Waals surface area contributed by atoms with Crippen LogP contribution in [0, 0.1) is 10.1 Å². The smallest absolute Gasteiger partial charge is 0.338 e. The normalized spacial score (nSPS) is 11.4. The molecule has 0 aromatic heterocycles. The lowest BCUT2D eigenvalue weighted by Gasteiger charge is -2.16. The first-order valence-corrected chi connectivity index (χ1v) is 8.72. The lowest BCUT2D eigenvalue weighted by atomic mass is 10.1. The van der Waals surface area contributed by atoms with Crippen molar-refractivity contribution in [2.45, 2.75) is 13.0 Å². The molecular formula is C18H16Cl2N2O6. The maximum absolute atomic E-state index is 12.1. The Hall–Kier alpha value is -2.84. The molecule has 148 valence electrons. The van der Waals surface area contributed by atoms with Gasteiger partial charge in [0.2, 0.25) is 0 Å². The van der Waals surface area contributed by atoms with E-state index in [4.69, 9.17) is 32.7 Å². The van der Waals surface area contributed by atoms with E-state index in [1.54, 1.807) is 25.1 Å². The van der Waals surface area contributed by atoms with E-state index in [0.29, 0.717) is 15.6 Å². The number of ether oxygens (including phenoxy) is 2. The Morgan fingerprint density at radius 3 is 2.54 bits per heavy atom. The summed E-state index contributed by atoms with van der Waals surface area (Å²) in [6.07, 6.45) is 0. The van der Waals surface area contributed by atoms with E-state index >= 15 is 0 Å². The molecule has 2 rings (SSSR count). The van der Waals surface area contributed by atoms with E-state index in [1.807, 2.05) is 0 Å². The van der Waals surface area contributed by atoms with Crippen LogP contribution < -0.4 is 10.1 Å². The number of nitro groups is 1. The Morgan fingerprint density at radius 2 is 1.93 bits per heavy atom. The molecule has 1 amide bonds. The predicted molar refractivity (Wildman–Crippen MR) is 103 cm³/mol. The highest BCUT2D eigenvalue weighted by molar-refractivity contribution is 6.35. The zero-order valence-electron chi connectivity index (χ0n) is 14.9. The van der Waals surface area contributed by atoms with Crippen LogP contribution >= 0.6 is 23.2 Å². The zero-order valence-corrected chi connectivity index (χ0v) is 16.4. The highest BCUT2D eigenvalue weighted by atomic mass is 35.5. The van der Waals surface area contributed by atoms with Gasteiger partial charge in [0, 0.05) is 16.1 Å². The zero-order chi connectivity index (χ0) is 20.8. The quantitative estimate of drug-likeness (QED) is 0.407. The van der Waals surface area contributed by atoms with Gasteiger partial charge >= 0.3 is 11.7 Å². The molecule has 8 nitrogen and oxygen atoms in total. The molecule has 0 fully saturated rings. The van der Waals surface area contributed by atoms with Gasteiger partial charge in [-0.3, -0.25) is 14.9 Å². The second-order valence-corrected chi connectivity index (χ2v) is 6.52. The highest BCUT2D eigenvalue weighted by Gasteiger charge is 2.20. The molecule has 1 N–H and O–H groups in total. The highest BCUT2D eigenvalue weighted by Crippen LogP contribution is 2.28. The SMILES string of the molecule is COc1ccc(C(=O)OCC(=O)NC(C)c2ccc(Cl)cc2Cl)cc1[N+](=O)[O-]. The number of methoxy groups -OCH3 is 1. The number of carbonyl (C=O) groups is 2. The summed E-state index contributed by atoms with van der Waals surface area (Å²) >= 11 is 11.9. The van der Waals surface area contributed by atoms with Crippen LogP contribution in [0.25, 0.3) is 0 Å². The fourth-order valence-electron chi connectivity index (χ4n) is 2.39. The second-order valence-electron chi connectivity index (χ2n) is 5.67. The van der Waals surface area contributed by atoms with Crippen molar-refractivity contribution in [2.24, 2.45) is 0 Å². The molecule has 0 aliphatic carbocycles. The topological polar surface area (TPSA) is 108 Å². The van der Waals surface area contributed by atoms with Crippen molar-refractivity contribution < 1.29 is 24.0 Å². The molecule has 0 saturated carbocycles. The Kier molecular flexibility index (Phi) is 7.19. The summed E-state index contributed by atoms with van der Waals surface area (Å²) in [4.78, 5) is 34.4. The van der Waals surface area contributed by atoms with Crippen molar-refractivity contribution in [1.29, 1.82) is 0 Å². The molecule has 0 radical (unpaired) electrons. The van der Waals surface area contributed by atoms with E-state index in [9.17, 15) is 19.7 Å². The predicted octanol–water partition coefficient (Wildman–Crippen LogP) is 3.94. The Bertz CT molecular complexity index is 919. The number of nitrogens with one attached hydrogen (secondary N) is 1. The Balaban J connectivity index is 1.98. The van der Waals surface area contributed by atoms with Crippen LogP contribution in [0.5, 0.6) is 5.75 Å². The first-order chi connectivity index (χ1) is 13.2. The molecule has 0 aliphatic heterocycles. The Labute approximate surface area is 170 Å². The third-order valence-corrected chi connectivity index (χ3v) is 4.31. The first-order valence-electron chi connectivity index (χ1n) is 7.96. The molecule has 2 aromatic rings. The van der Waals surface area contributed by atoms with Crippen molar-refractivity contribution in [1.82, 2.24) is 5.32 Å². The van der Waals surface area contributed by atoms with Crippen LogP contribution in [-0.2, 0) is 9.53 Å². The van der Waals surface area contributed by atoms with Crippen molar-refractivity contribution >= 4 is 40.8 Å². The van der Waals surface area contributed by atoms with Gasteiger partial charge in [0.15, 0.2) is 12.4 Å². The molecule has 0 aliphatic rings. The fraction of sp³-hybridized carbons (Fsp3) is 0.222. The van der Waals surface area contributed by atoms with Gasteiger partial charge < -0.3 is 14.8 Å². The van der Waals surface area contributed by atoms with E-state index < -0.39 is 29.4 Å². The lowest BCUT2D eigenvalue weighted by Crippen LogP contribution is -2.31. The number of hydrogen-bond donors (Lipinski definition) is 1. The summed E-state index contributed by atoms with van der Waals surface area (Å²) in [6, 6.07) is 8.03. The number of amides is 1. The number of halogens is 2. The maximum atomic E-state index is 12.1. The number of rotatable bonds is 7. The van der Waals surface area contributed by atoms with Crippen molar-refractivity contribution in [2.75, 3.05) is 13.7 Å². The summed E-state index contributed by atoms with van der Waals surface area (Å²) in [5, 5.41) is 14.5. The number of nitrogens with zero attached hydrogens (tertiary/aromatic N) is 1. The summed E-state index contributed by atoms with van der Waals surface area (Å²) in [7, 11) is 1.28. The minimum absolute atomic E-state index is 0.00737. The van der Waals surface area contributed by atoms with Gasteiger partial charge in [-0.25, -0.2) is 4.79 Å². The number of nitro benzene ring substituents is 1. The summed E-state index contributed by atoms with van der Waals surface area (Å²) in [5.41, 5.74) is 0.193. The van der Waals surface area contributed by atoms with E-state index in [-0.39, 0.29) is 17.0 Å². The molecule has 0 spiro atoms. The lowest BCUT2D eigenvalue weighted by molar-refractivity contribution is -0.385. The van der Waals surface area contributed by atoms with Gasteiger partial charge in [-0.1, -0.05) is 29.3 Å². The molecule has 1 atom stereocenters. The van der Waals surface area contributed by atoms with Gasteiger partial charge in [-0.05, 0) is 36.8 Å². The minimum atomic E-state index is -0.877. The van der Waals surface area contributed by atoms with Crippen LogP contribution in [0.1, 0.15) is 28.9 Å². The average molecular weight is 427 g/mol. The summed E-state index contributed by atoms with van der Waals surface area (Å²) in [5.74, 6) is -1.43. The van der Waals surface area contributed by atoms with Gasteiger partial charge in [-0.2, -0.15) is 0 Å². The molecule has 0 bridgehead atoms. The van der Waals surface area contributed by atoms with Gasteiger partial charge in [-0.15, -0.1) is 0 Å². The first kappa shape index (κ1) is 21.5. The van der Waals surface area contributed by atoms with Crippen molar-refractivity contribution in [3.8, 4) is 5.75 Å². The monoisotopic (exact) mass is 426 g/mol. The fourth-order valence-corrected chi connectivity index (χ4v) is 2.96. The second kappa shape index (κ2) is 9.38. The molecule has 2 aromatic carbocycles. The molecule has 1 unspecified atom stereocenters. The average Bonchev–Trinajstić information content (AvgIpc) is 2.65. The van der Waals surface area contributed by atoms with Crippen LogP contribution in [-0.4, -0.2) is 30.5 Å². The van der Waals surface area contributed by atoms with E-state index in [0.717, 1.165) is 6.07 Å². The number of esters is 1. The van der Waals surface area contributed by atoms with Crippen molar-refractivity contribution in [3.05, 3.63) is 67.7 Å². The van der Waals surface area contributed by atoms with Gasteiger partial charge in [0.25, 0.3) is 5.91 Å². The largest absolute Gasteiger partial charge is 0.490 e. The van der Waals surface area contributed by atoms with E-state index in [2.05, 4.69) is 5.32 Å². The van der Waals surface area contributed by atoms with E-state index in [1.165, 1.54) is 19.2 Å². The third-order valence-electron chi connectivity index (χ3n) is 3.75. The molecule has 28 heavy (non-hydrogen) atoms. The number of benzene rings is 2. The summed E-state index contributed by atoms with van der Waals surface area (Å²) in [6.45, 7) is 1.15. The standard InChI is InChI=1S/C18H16Cl2N2O6/c1-10(13-5-4-12(19)8-14(13)20)21-17(23)9-28-18(24)11-3-6-16(27-2)15(7-11)22(25)26/h3-8,10H,9H2,1-2H3,(H,21,23).